The smallest absolute Gasteiger partial charge is 0.143 e. The fourth-order valence-corrected chi connectivity index (χ4v) is 3.10. The van der Waals surface area contributed by atoms with E-state index >= 15 is 0 Å². The van der Waals surface area contributed by atoms with Crippen molar-refractivity contribution in [2.45, 2.75) is 45.4 Å². The molecule has 0 atom stereocenters. The summed E-state index contributed by atoms with van der Waals surface area (Å²) >= 11 is 3.45. The molecule has 1 aromatic rings. The van der Waals surface area contributed by atoms with Crippen LogP contribution in [0.25, 0.3) is 0 Å². The average Bonchev–Trinajstić information content (AvgIpc) is 2.30. The molecule has 1 aromatic carbocycles. The van der Waals surface area contributed by atoms with Gasteiger partial charge in [0.15, 0.2) is 0 Å². The maximum atomic E-state index is 12.4. The van der Waals surface area contributed by atoms with Crippen molar-refractivity contribution in [3.05, 3.63) is 34.3 Å². The van der Waals surface area contributed by atoms with Crippen molar-refractivity contribution in [1.82, 2.24) is 0 Å². The second kappa shape index (κ2) is 5.34. The zero-order valence-corrected chi connectivity index (χ0v) is 11.9. The first-order chi connectivity index (χ1) is 8.10. The zero-order chi connectivity index (χ0) is 12.3. The van der Waals surface area contributed by atoms with Crippen molar-refractivity contribution in [3.8, 4) is 0 Å². The molecule has 0 aliphatic heterocycles. The van der Waals surface area contributed by atoms with Crippen LogP contribution in [0, 0.1) is 5.41 Å². The molecule has 0 N–H and O–H groups in total. The number of rotatable bonds is 3. The van der Waals surface area contributed by atoms with Crippen LogP contribution in [-0.4, -0.2) is 5.78 Å². The number of hydrogen-bond donors (Lipinski definition) is 0. The predicted octanol–water partition coefficient (Wildman–Crippen LogP) is 4.53. The van der Waals surface area contributed by atoms with E-state index in [1.807, 2.05) is 24.3 Å². The molecule has 0 unspecified atom stereocenters. The van der Waals surface area contributed by atoms with Crippen molar-refractivity contribution in [2.75, 3.05) is 0 Å². The maximum absolute atomic E-state index is 12.4. The topological polar surface area (TPSA) is 17.1 Å². The summed E-state index contributed by atoms with van der Waals surface area (Å²) in [6.45, 7) is 2.15. The monoisotopic (exact) mass is 294 g/mol. The van der Waals surface area contributed by atoms with Gasteiger partial charge in [-0.3, -0.25) is 4.79 Å². The summed E-state index contributed by atoms with van der Waals surface area (Å²) in [6.07, 6.45) is 6.43. The number of Topliss-reactive ketones (excluding diaryl/α,β-unsaturated/α-hetero) is 1. The highest BCUT2D eigenvalue weighted by atomic mass is 79.9. The molecule has 0 bridgehead atoms. The van der Waals surface area contributed by atoms with Gasteiger partial charge in [0, 0.05) is 16.3 Å². The van der Waals surface area contributed by atoms with Crippen molar-refractivity contribution in [2.24, 2.45) is 5.41 Å². The Labute approximate surface area is 112 Å². The SMILES string of the molecule is CC1(C(=O)Cc2cccc(Br)c2)CCCCC1. The second-order valence-electron chi connectivity index (χ2n) is 5.35. The fraction of sp³-hybridized carbons (Fsp3) is 0.533. The number of carbonyl (C=O) groups excluding carboxylic acids is 1. The third-order valence-corrected chi connectivity index (χ3v) is 4.38. The Bertz CT molecular complexity index is 405. The fourth-order valence-electron chi connectivity index (χ4n) is 2.66. The quantitative estimate of drug-likeness (QED) is 0.800. The van der Waals surface area contributed by atoms with Crippen LogP contribution in [0.4, 0.5) is 0 Å². The lowest BCUT2D eigenvalue weighted by Crippen LogP contribution is -2.31. The third-order valence-electron chi connectivity index (χ3n) is 3.88. The molecule has 92 valence electrons. The molecule has 0 aromatic heterocycles. The lowest BCUT2D eigenvalue weighted by atomic mass is 9.71. The van der Waals surface area contributed by atoms with E-state index in [4.69, 9.17) is 0 Å². The summed E-state index contributed by atoms with van der Waals surface area (Å²) in [5, 5.41) is 0. The van der Waals surface area contributed by atoms with E-state index in [2.05, 4.69) is 22.9 Å². The Kier molecular flexibility index (Phi) is 4.03. The summed E-state index contributed by atoms with van der Waals surface area (Å²) in [5.41, 5.74) is 1.05. The van der Waals surface area contributed by atoms with Crippen LogP contribution in [0.5, 0.6) is 0 Å². The molecule has 0 saturated heterocycles. The number of halogens is 1. The Morgan fingerprint density at radius 2 is 2.00 bits per heavy atom. The third kappa shape index (κ3) is 3.19. The first kappa shape index (κ1) is 12.8. The highest BCUT2D eigenvalue weighted by Crippen LogP contribution is 2.37. The van der Waals surface area contributed by atoms with Gasteiger partial charge in [0.05, 0.1) is 0 Å². The zero-order valence-electron chi connectivity index (χ0n) is 10.3. The molecule has 2 rings (SSSR count). The molecule has 0 amide bonds. The van der Waals surface area contributed by atoms with Crippen molar-refractivity contribution >= 4 is 21.7 Å². The summed E-state index contributed by atoms with van der Waals surface area (Å²) in [5.74, 6) is 0.412. The summed E-state index contributed by atoms with van der Waals surface area (Å²) < 4.78 is 1.05. The average molecular weight is 295 g/mol. The highest BCUT2D eigenvalue weighted by molar-refractivity contribution is 9.10. The van der Waals surface area contributed by atoms with Gasteiger partial charge in [0.25, 0.3) is 0 Å². The van der Waals surface area contributed by atoms with Crippen LogP contribution < -0.4 is 0 Å². The molecule has 2 heteroatoms. The molecule has 1 saturated carbocycles. The molecular formula is C15H19BrO. The first-order valence-corrected chi connectivity index (χ1v) is 7.17. The van der Waals surface area contributed by atoms with Gasteiger partial charge in [-0.1, -0.05) is 54.2 Å². The molecular weight excluding hydrogens is 276 g/mol. The number of carbonyl (C=O) groups is 1. The minimum absolute atomic E-state index is 0.0689. The Balaban J connectivity index is 2.05. The molecule has 1 nitrogen and oxygen atoms in total. The van der Waals surface area contributed by atoms with Crippen LogP contribution in [0.1, 0.15) is 44.6 Å². The van der Waals surface area contributed by atoms with E-state index in [0.717, 1.165) is 22.9 Å². The van der Waals surface area contributed by atoms with Gasteiger partial charge in [0.2, 0.25) is 0 Å². The first-order valence-electron chi connectivity index (χ1n) is 6.38. The summed E-state index contributed by atoms with van der Waals surface area (Å²) in [6, 6.07) is 8.07. The number of hydrogen-bond acceptors (Lipinski definition) is 1. The summed E-state index contributed by atoms with van der Waals surface area (Å²) in [4.78, 5) is 12.4. The molecule has 0 heterocycles. The minimum Gasteiger partial charge on any atom is -0.299 e. The molecule has 1 fully saturated rings. The van der Waals surface area contributed by atoms with Gasteiger partial charge >= 0.3 is 0 Å². The van der Waals surface area contributed by atoms with E-state index in [9.17, 15) is 4.79 Å². The van der Waals surface area contributed by atoms with Gasteiger partial charge < -0.3 is 0 Å². The van der Waals surface area contributed by atoms with Gasteiger partial charge in [0.1, 0.15) is 5.78 Å². The molecule has 1 aliphatic rings. The lowest BCUT2D eigenvalue weighted by Gasteiger charge is -2.32. The Hall–Kier alpha value is -0.630. The van der Waals surface area contributed by atoms with E-state index in [-0.39, 0.29) is 5.41 Å². The number of ketones is 1. The highest BCUT2D eigenvalue weighted by Gasteiger charge is 2.33. The van der Waals surface area contributed by atoms with Gasteiger partial charge in [-0.15, -0.1) is 0 Å². The molecule has 1 aliphatic carbocycles. The molecule has 17 heavy (non-hydrogen) atoms. The van der Waals surface area contributed by atoms with E-state index in [1.54, 1.807) is 0 Å². The maximum Gasteiger partial charge on any atom is 0.143 e. The molecule has 0 spiro atoms. The minimum atomic E-state index is -0.0689. The molecule has 0 radical (unpaired) electrons. The van der Waals surface area contributed by atoms with Crippen LogP contribution in [0.3, 0.4) is 0 Å². The van der Waals surface area contributed by atoms with Crippen molar-refractivity contribution in [3.63, 3.8) is 0 Å². The van der Waals surface area contributed by atoms with Crippen molar-refractivity contribution in [1.29, 1.82) is 0 Å². The van der Waals surface area contributed by atoms with Gasteiger partial charge in [-0.05, 0) is 30.5 Å². The van der Waals surface area contributed by atoms with Crippen LogP contribution in [0.15, 0.2) is 28.7 Å². The van der Waals surface area contributed by atoms with E-state index in [1.165, 1.54) is 19.3 Å². The standard InChI is InChI=1S/C15H19BrO/c1-15(8-3-2-4-9-15)14(17)11-12-6-5-7-13(16)10-12/h5-7,10H,2-4,8-9,11H2,1H3. The largest absolute Gasteiger partial charge is 0.299 e. The van der Waals surface area contributed by atoms with Gasteiger partial charge in [-0.2, -0.15) is 0 Å². The van der Waals surface area contributed by atoms with E-state index < -0.39 is 0 Å². The normalized spacial score (nSPS) is 18.9. The lowest BCUT2D eigenvalue weighted by molar-refractivity contribution is -0.128. The van der Waals surface area contributed by atoms with Crippen LogP contribution in [0.2, 0.25) is 0 Å². The van der Waals surface area contributed by atoms with E-state index in [0.29, 0.717) is 12.2 Å². The predicted molar refractivity (Wildman–Crippen MR) is 74.0 cm³/mol. The Morgan fingerprint density at radius 1 is 1.29 bits per heavy atom. The summed E-state index contributed by atoms with van der Waals surface area (Å²) in [7, 11) is 0. The van der Waals surface area contributed by atoms with Crippen LogP contribution >= 0.6 is 15.9 Å². The second-order valence-corrected chi connectivity index (χ2v) is 6.27. The van der Waals surface area contributed by atoms with Crippen molar-refractivity contribution < 1.29 is 4.79 Å². The van der Waals surface area contributed by atoms with Crippen LogP contribution in [-0.2, 0) is 11.2 Å². The van der Waals surface area contributed by atoms with Gasteiger partial charge in [-0.25, -0.2) is 0 Å². The Morgan fingerprint density at radius 3 is 2.65 bits per heavy atom. The number of benzene rings is 1.